The van der Waals surface area contributed by atoms with Crippen LogP contribution in [-0.4, -0.2) is 27.3 Å². The van der Waals surface area contributed by atoms with Crippen molar-refractivity contribution in [1.82, 2.24) is 14.7 Å². The van der Waals surface area contributed by atoms with E-state index in [1.165, 1.54) is 16.2 Å². The number of nitrogens with zero attached hydrogens (tertiary/aromatic N) is 3. The molecule has 0 saturated heterocycles. The zero-order valence-electron chi connectivity index (χ0n) is 12.5. The minimum absolute atomic E-state index is 0.0168. The molecule has 116 valence electrons. The highest BCUT2D eigenvalue weighted by atomic mass is 35.5. The van der Waals surface area contributed by atoms with E-state index in [4.69, 9.17) is 23.8 Å². The smallest absolute Gasteiger partial charge is 0.205 e. The van der Waals surface area contributed by atoms with E-state index in [1.54, 1.807) is 11.3 Å². The van der Waals surface area contributed by atoms with E-state index < -0.39 is 0 Å². The fraction of sp³-hybridized carbons (Fsp3) is 0.538. The van der Waals surface area contributed by atoms with Crippen molar-refractivity contribution in [2.75, 3.05) is 12.4 Å². The Balaban J connectivity index is 2.00. The largest absolute Gasteiger partial charge is 0.356 e. The lowest BCUT2D eigenvalue weighted by atomic mass is 10.1. The molecule has 0 aliphatic heterocycles. The van der Waals surface area contributed by atoms with Crippen molar-refractivity contribution in [3.8, 4) is 0 Å². The van der Waals surface area contributed by atoms with Crippen LogP contribution in [0.2, 0.25) is 4.34 Å². The normalized spacial score (nSPS) is 12.1. The Bertz CT molecular complexity index is 653. The zero-order valence-corrected chi connectivity index (χ0v) is 15.7. The molecule has 0 bridgehead atoms. The second-order valence-corrected chi connectivity index (χ2v) is 9.33. The van der Waals surface area contributed by atoms with Crippen LogP contribution in [0.15, 0.2) is 12.1 Å². The van der Waals surface area contributed by atoms with Gasteiger partial charge in [0.2, 0.25) is 5.13 Å². The Morgan fingerprint density at radius 1 is 1.38 bits per heavy atom. The number of rotatable bonds is 5. The maximum atomic E-state index is 5.95. The van der Waals surface area contributed by atoms with Gasteiger partial charge in [-0.05, 0) is 52.2 Å². The van der Waals surface area contributed by atoms with Crippen molar-refractivity contribution in [2.24, 2.45) is 0 Å². The molecule has 0 atom stereocenters. The molecular formula is C13H19ClN4S3. The molecule has 0 aliphatic carbocycles. The van der Waals surface area contributed by atoms with E-state index in [-0.39, 0.29) is 5.54 Å². The number of hydrogen-bond donors (Lipinski definition) is 1. The molecule has 0 saturated carbocycles. The lowest BCUT2D eigenvalue weighted by molar-refractivity contribution is 0.247. The van der Waals surface area contributed by atoms with E-state index >= 15 is 0 Å². The third kappa shape index (κ3) is 5.34. The van der Waals surface area contributed by atoms with Crippen LogP contribution in [0.5, 0.6) is 0 Å². The summed E-state index contributed by atoms with van der Waals surface area (Å²) in [4.78, 5) is 3.40. The summed E-state index contributed by atoms with van der Waals surface area (Å²) in [6, 6.07) is 3.98. The number of halogens is 1. The van der Waals surface area contributed by atoms with Crippen LogP contribution in [0.4, 0.5) is 5.13 Å². The molecule has 8 heteroatoms. The van der Waals surface area contributed by atoms with Crippen LogP contribution in [0.1, 0.15) is 25.6 Å². The van der Waals surface area contributed by atoms with Gasteiger partial charge in [-0.3, -0.25) is 4.90 Å². The number of aromatic nitrogens is 2. The van der Waals surface area contributed by atoms with Gasteiger partial charge in [0.1, 0.15) is 0 Å². The topological polar surface area (TPSA) is 33.1 Å². The number of nitrogens with one attached hydrogen (secondary N) is 1. The zero-order chi connectivity index (χ0) is 15.6. The maximum Gasteiger partial charge on any atom is 0.205 e. The second-order valence-electron chi connectivity index (χ2n) is 5.91. The Morgan fingerprint density at radius 2 is 2.10 bits per heavy atom. The van der Waals surface area contributed by atoms with Gasteiger partial charge in [-0.1, -0.05) is 22.9 Å². The monoisotopic (exact) mass is 362 g/mol. The fourth-order valence-corrected chi connectivity index (χ4v) is 4.12. The first-order chi connectivity index (χ1) is 9.73. The molecule has 21 heavy (non-hydrogen) atoms. The summed E-state index contributed by atoms with van der Waals surface area (Å²) in [7, 11) is 2.05. The molecule has 0 spiro atoms. The lowest BCUT2D eigenvalue weighted by Gasteiger charge is -2.19. The SMILES string of the molecule is CN(Cc1ccc(Cl)s1)Cn1nc(NC(C)(C)C)sc1=S. The fourth-order valence-electron chi connectivity index (χ4n) is 1.75. The molecule has 0 aliphatic rings. The highest BCUT2D eigenvalue weighted by molar-refractivity contribution is 7.73. The van der Waals surface area contributed by atoms with Gasteiger partial charge < -0.3 is 5.32 Å². The van der Waals surface area contributed by atoms with Crippen molar-refractivity contribution in [3.05, 3.63) is 25.3 Å². The molecule has 2 aromatic heterocycles. The summed E-state index contributed by atoms with van der Waals surface area (Å²) in [5, 5.41) is 8.75. The molecule has 0 amide bonds. The van der Waals surface area contributed by atoms with Crippen LogP contribution in [0.3, 0.4) is 0 Å². The van der Waals surface area contributed by atoms with Crippen LogP contribution in [0.25, 0.3) is 0 Å². The Kier molecular flexibility index (Phi) is 5.43. The Labute approximate surface area is 143 Å². The lowest BCUT2D eigenvalue weighted by Crippen LogP contribution is -2.26. The highest BCUT2D eigenvalue weighted by Crippen LogP contribution is 2.23. The minimum atomic E-state index is -0.0168. The first-order valence-corrected chi connectivity index (χ1v) is 8.94. The predicted molar refractivity (Wildman–Crippen MR) is 95.1 cm³/mol. The predicted octanol–water partition coefficient (Wildman–Crippen LogP) is 4.69. The van der Waals surface area contributed by atoms with Crippen LogP contribution < -0.4 is 5.32 Å². The first-order valence-electron chi connectivity index (χ1n) is 6.52. The van der Waals surface area contributed by atoms with Gasteiger partial charge in [0.25, 0.3) is 0 Å². The highest BCUT2D eigenvalue weighted by Gasteiger charge is 2.13. The molecule has 0 aromatic carbocycles. The second kappa shape index (κ2) is 6.75. The molecule has 0 radical (unpaired) electrons. The number of thiophene rings is 1. The van der Waals surface area contributed by atoms with Crippen molar-refractivity contribution >= 4 is 51.6 Å². The quantitative estimate of drug-likeness (QED) is 0.782. The van der Waals surface area contributed by atoms with Crippen LogP contribution >= 0.6 is 46.5 Å². The molecular weight excluding hydrogens is 344 g/mol. The van der Waals surface area contributed by atoms with E-state index in [9.17, 15) is 0 Å². The Morgan fingerprint density at radius 3 is 2.67 bits per heavy atom. The number of anilines is 1. The standard InChI is InChI=1S/C13H19ClN4S3/c1-13(2,3)15-11-16-18(12(19)21-11)8-17(4)7-9-5-6-10(14)20-9/h5-6H,7-8H2,1-4H3,(H,15,16). The van der Waals surface area contributed by atoms with Gasteiger partial charge in [0.15, 0.2) is 3.95 Å². The third-order valence-electron chi connectivity index (χ3n) is 2.52. The molecule has 2 rings (SSSR count). The summed E-state index contributed by atoms with van der Waals surface area (Å²) in [5.74, 6) is 0. The van der Waals surface area contributed by atoms with Crippen LogP contribution in [-0.2, 0) is 13.2 Å². The molecule has 0 fully saturated rings. The third-order valence-corrected chi connectivity index (χ3v) is 4.96. The molecule has 2 heterocycles. The molecule has 0 unspecified atom stereocenters. The van der Waals surface area contributed by atoms with Gasteiger partial charge >= 0.3 is 0 Å². The van der Waals surface area contributed by atoms with Crippen molar-refractivity contribution in [1.29, 1.82) is 0 Å². The first kappa shape index (κ1) is 16.9. The molecule has 4 nitrogen and oxygen atoms in total. The summed E-state index contributed by atoms with van der Waals surface area (Å²) in [5.41, 5.74) is -0.0168. The van der Waals surface area contributed by atoms with Gasteiger partial charge in [-0.15, -0.1) is 16.4 Å². The van der Waals surface area contributed by atoms with Crippen molar-refractivity contribution in [2.45, 2.75) is 39.5 Å². The average molecular weight is 363 g/mol. The summed E-state index contributed by atoms with van der Waals surface area (Å²) >= 11 is 14.4. The minimum Gasteiger partial charge on any atom is -0.356 e. The van der Waals surface area contributed by atoms with Crippen molar-refractivity contribution < 1.29 is 0 Å². The molecule has 1 N–H and O–H groups in total. The average Bonchev–Trinajstić information content (AvgIpc) is 2.84. The van der Waals surface area contributed by atoms with E-state index in [1.807, 2.05) is 17.8 Å². The van der Waals surface area contributed by atoms with E-state index in [2.05, 4.69) is 42.2 Å². The van der Waals surface area contributed by atoms with Crippen LogP contribution in [0, 0.1) is 3.95 Å². The summed E-state index contributed by atoms with van der Waals surface area (Å²) in [6.07, 6.45) is 0. The van der Waals surface area contributed by atoms with Crippen molar-refractivity contribution in [3.63, 3.8) is 0 Å². The maximum absolute atomic E-state index is 5.95. The van der Waals surface area contributed by atoms with Gasteiger partial charge in [0.05, 0.1) is 11.0 Å². The van der Waals surface area contributed by atoms with E-state index in [0.717, 1.165) is 20.0 Å². The van der Waals surface area contributed by atoms with Gasteiger partial charge in [-0.25, -0.2) is 4.68 Å². The molecule has 2 aromatic rings. The summed E-state index contributed by atoms with van der Waals surface area (Å²) in [6.45, 7) is 7.81. The number of hydrogen-bond acceptors (Lipinski definition) is 6. The van der Waals surface area contributed by atoms with Gasteiger partial charge in [-0.2, -0.15) is 0 Å². The summed E-state index contributed by atoms with van der Waals surface area (Å²) < 4.78 is 3.45. The van der Waals surface area contributed by atoms with Gasteiger partial charge in [0, 0.05) is 17.0 Å². The van der Waals surface area contributed by atoms with E-state index in [0.29, 0.717) is 6.67 Å². The Hall–Kier alpha value is -0.470.